The highest BCUT2D eigenvalue weighted by Crippen LogP contribution is 2.15. The fraction of sp³-hybridized carbons (Fsp3) is 0.889. The number of hydrogen-bond acceptors (Lipinski definition) is 2. The molecule has 2 atom stereocenters. The summed E-state index contributed by atoms with van der Waals surface area (Å²) in [6, 6.07) is -0.473. The Balaban J connectivity index is 3.68. The van der Waals surface area contributed by atoms with Crippen molar-refractivity contribution < 1.29 is 4.79 Å². The molecule has 0 fully saturated rings. The van der Waals surface area contributed by atoms with Crippen LogP contribution in [-0.2, 0) is 4.79 Å². The summed E-state index contributed by atoms with van der Waals surface area (Å²) in [4.78, 5) is 10.6. The molecule has 0 aromatic rings. The third-order valence-electron chi connectivity index (χ3n) is 1.90. The molecule has 0 heterocycles. The molecule has 0 aliphatic carbocycles. The number of hydrogen-bond donors (Lipinski definition) is 2. The summed E-state index contributed by atoms with van der Waals surface area (Å²) in [6.07, 6.45) is 1.80. The first kappa shape index (κ1) is 11.4. The Hall–Kier alpha value is -0.570. The third-order valence-corrected chi connectivity index (χ3v) is 1.90. The van der Waals surface area contributed by atoms with Gasteiger partial charge in [-0.3, -0.25) is 4.79 Å². The van der Waals surface area contributed by atoms with Crippen LogP contribution in [-0.4, -0.2) is 11.9 Å². The average Bonchev–Trinajstić information content (AvgIpc) is 1.84. The lowest BCUT2D eigenvalue weighted by molar-refractivity contribution is -0.119. The largest absolute Gasteiger partial charge is 0.368 e. The molecule has 4 N–H and O–H groups in total. The number of rotatable bonds is 5. The van der Waals surface area contributed by atoms with E-state index in [2.05, 4.69) is 20.8 Å². The Morgan fingerprint density at radius 2 is 1.75 bits per heavy atom. The van der Waals surface area contributed by atoms with Gasteiger partial charge in [0.25, 0.3) is 0 Å². The van der Waals surface area contributed by atoms with Crippen molar-refractivity contribution >= 4 is 5.91 Å². The van der Waals surface area contributed by atoms with Crippen LogP contribution in [0.5, 0.6) is 0 Å². The minimum atomic E-state index is -0.473. The molecule has 0 saturated heterocycles. The van der Waals surface area contributed by atoms with Crippen LogP contribution < -0.4 is 11.5 Å². The minimum absolute atomic E-state index is 0.398. The minimum Gasteiger partial charge on any atom is -0.368 e. The van der Waals surface area contributed by atoms with Crippen LogP contribution in [0.2, 0.25) is 0 Å². The lowest BCUT2D eigenvalue weighted by Crippen LogP contribution is -2.37. The van der Waals surface area contributed by atoms with E-state index in [1.807, 2.05) is 0 Å². The van der Waals surface area contributed by atoms with E-state index in [0.717, 1.165) is 6.42 Å². The normalized spacial score (nSPS) is 16.1. The van der Waals surface area contributed by atoms with Gasteiger partial charge in [-0.2, -0.15) is 0 Å². The fourth-order valence-electron chi connectivity index (χ4n) is 1.45. The van der Waals surface area contributed by atoms with Gasteiger partial charge in [0.05, 0.1) is 6.04 Å². The van der Waals surface area contributed by atoms with Gasteiger partial charge in [-0.25, -0.2) is 0 Å². The maximum Gasteiger partial charge on any atom is 0.234 e. The Labute approximate surface area is 74.5 Å². The van der Waals surface area contributed by atoms with Gasteiger partial charge in [-0.15, -0.1) is 0 Å². The highest BCUT2D eigenvalue weighted by Gasteiger charge is 2.14. The van der Waals surface area contributed by atoms with E-state index in [1.54, 1.807) is 0 Å². The number of amides is 1. The molecule has 0 bridgehead atoms. The molecule has 0 rings (SSSR count). The van der Waals surface area contributed by atoms with Crippen LogP contribution in [0.1, 0.15) is 33.6 Å². The molecule has 0 aromatic carbocycles. The van der Waals surface area contributed by atoms with Gasteiger partial charge in [0.1, 0.15) is 0 Å². The van der Waals surface area contributed by atoms with Crippen LogP contribution in [0.15, 0.2) is 0 Å². The molecular weight excluding hydrogens is 152 g/mol. The van der Waals surface area contributed by atoms with E-state index in [4.69, 9.17) is 11.5 Å². The molecule has 3 heteroatoms. The summed E-state index contributed by atoms with van der Waals surface area (Å²) in [7, 11) is 0. The third kappa shape index (κ3) is 5.13. The van der Waals surface area contributed by atoms with Crippen molar-refractivity contribution in [1.29, 1.82) is 0 Å². The zero-order valence-electron chi connectivity index (χ0n) is 8.21. The van der Waals surface area contributed by atoms with Crippen molar-refractivity contribution in [3.63, 3.8) is 0 Å². The standard InChI is InChI=1S/C9H20N2O/c1-6(2)4-7(3)5-8(10)9(11)12/h6-8H,4-5,10H2,1-3H3,(H2,11,12). The van der Waals surface area contributed by atoms with E-state index in [1.165, 1.54) is 0 Å². The summed E-state index contributed by atoms with van der Waals surface area (Å²) >= 11 is 0. The molecule has 0 aromatic heterocycles. The van der Waals surface area contributed by atoms with Crippen LogP contribution >= 0.6 is 0 Å². The average molecular weight is 172 g/mol. The maximum atomic E-state index is 10.6. The smallest absolute Gasteiger partial charge is 0.234 e. The molecule has 0 aliphatic heterocycles. The zero-order chi connectivity index (χ0) is 9.72. The van der Waals surface area contributed by atoms with Gasteiger partial charge in [-0.05, 0) is 24.7 Å². The van der Waals surface area contributed by atoms with Crippen molar-refractivity contribution in [1.82, 2.24) is 0 Å². The fourth-order valence-corrected chi connectivity index (χ4v) is 1.45. The topological polar surface area (TPSA) is 69.1 Å². The van der Waals surface area contributed by atoms with Gasteiger partial charge < -0.3 is 11.5 Å². The Morgan fingerprint density at radius 1 is 1.25 bits per heavy atom. The predicted molar refractivity (Wildman–Crippen MR) is 50.4 cm³/mol. The van der Waals surface area contributed by atoms with E-state index >= 15 is 0 Å². The quantitative estimate of drug-likeness (QED) is 0.646. The Kier molecular flexibility index (Phi) is 4.90. The maximum absolute atomic E-state index is 10.6. The molecular formula is C9H20N2O. The Bertz CT molecular complexity index is 145. The predicted octanol–water partition coefficient (Wildman–Crippen LogP) is 0.871. The molecule has 0 radical (unpaired) electrons. The lowest BCUT2D eigenvalue weighted by Gasteiger charge is -2.16. The van der Waals surface area contributed by atoms with Crippen LogP contribution in [0.3, 0.4) is 0 Å². The summed E-state index contributed by atoms with van der Waals surface area (Å²) in [6.45, 7) is 6.42. The van der Waals surface area contributed by atoms with Crippen molar-refractivity contribution in [2.24, 2.45) is 23.3 Å². The van der Waals surface area contributed by atoms with Crippen molar-refractivity contribution in [2.75, 3.05) is 0 Å². The van der Waals surface area contributed by atoms with Gasteiger partial charge >= 0.3 is 0 Å². The van der Waals surface area contributed by atoms with Gasteiger partial charge in [0, 0.05) is 0 Å². The van der Waals surface area contributed by atoms with E-state index in [9.17, 15) is 4.79 Å². The van der Waals surface area contributed by atoms with Crippen LogP contribution in [0.4, 0.5) is 0 Å². The molecule has 0 saturated carbocycles. The molecule has 3 nitrogen and oxygen atoms in total. The number of carbonyl (C=O) groups excluding carboxylic acids is 1. The first-order valence-corrected chi connectivity index (χ1v) is 4.48. The van der Waals surface area contributed by atoms with Gasteiger partial charge in [0.2, 0.25) is 5.91 Å². The summed E-state index contributed by atoms with van der Waals surface area (Å²) in [5.74, 6) is 0.734. The molecule has 0 aliphatic rings. The first-order valence-electron chi connectivity index (χ1n) is 4.48. The van der Waals surface area contributed by atoms with E-state index in [0.29, 0.717) is 18.3 Å². The zero-order valence-corrected chi connectivity index (χ0v) is 8.21. The second-order valence-corrected chi connectivity index (χ2v) is 3.98. The number of nitrogens with two attached hydrogens (primary N) is 2. The summed E-state index contributed by atoms with van der Waals surface area (Å²) in [5, 5.41) is 0. The summed E-state index contributed by atoms with van der Waals surface area (Å²) in [5.41, 5.74) is 10.6. The lowest BCUT2D eigenvalue weighted by atomic mass is 9.93. The van der Waals surface area contributed by atoms with Crippen molar-refractivity contribution in [3.8, 4) is 0 Å². The molecule has 12 heavy (non-hydrogen) atoms. The van der Waals surface area contributed by atoms with Gasteiger partial charge in [0.15, 0.2) is 0 Å². The highest BCUT2D eigenvalue weighted by molar-refractivity contribution is 5.79. The number of carbonyl (C=O) groups is 1. The van der Waals surface area contributed by atoms with Crippen molar-refractivity contribution in [3.05, 3.63) is 0 Å². The van der Waals surface area contributed by atoms with Crippen LogP contribution in [0, 0.1) is 11.8 Å². The van der Waals surface area contributed by atoms with E-state index < -0.39 is 11.9 Å². The Morgan fingerprint density at radius 3 is 2.08 bits per heavy atom. The second kappa shape index (κ2) is 5.14. The molecule has 2 unspecified atom stereocenters. The molecule has 72 valence electrons. The number of primary amides is 1. The molecule has 1 amide bonds. The van der Waals surface area contributed by atoms with Gasteiger partial charge in [-0.1, -0.05) is 20.8 Å². The monoisotopic (exact) mass is 172 g/mol. The second-order valence-electron chi connectivity index (χ2n) is 3.98. The highest BCUT2D eigenvalue weighted by atomic mass is 16.1. The van der Waals surface area contributed by atoms with Crippen LogP contribution in [0.25, 0.3) is 0 Å². The first-order chi connectivity index (χ1) is 5.43. The molecule has 0 spiro atoms. The SMILES string of the molecule is CC(C)CC(C)CC(N)C(N)=O. The van der Waals surface area contributed by atoms with E-state index in [-0.39, 0.29) is 0 Å². The van der Waals surface area contributed by atoms with Crippen molar-refractivity contribution in [2.45, 2.75) is 39.7 Å². The summed E-state index contributed by atoms with van der Waals surface area (Å²) < 4.78 is 0.